The zero-order chi connectivity index (χ0) is 23.7. The first-order valence-corrected chi connectivity index (χ1v) is 12.0. The molecule has 1 aliphatic rings. The van der Waals surface area contributed by atoms with Gasteiger partial charge in [-0.05, 0) is 33.4 Å². The molecule has 1 N–H and O–H groups in total. The lowest BCUT2D eigenvalue weighted by Crippen LogP contribution is -2.47. The van der Waals surface area contributed by atoms with Crippen LogP contribution in [0.5, 0.6) is 0 Å². The monoisotopic (exact) mass is 451 g/mol. The molecule has 0 unspecified atom stereocenters. The summed E-state index contributed by atoms with van der Waals surface area (Å²) in [4.78, 5) is 14.1. The predicted octanol–water partition coefficient (Wildman–Crippen LogP) is 7.17. The number of hydrogen-bond acceptors (Lipinski definition) is 2. The zero-order valence-corrected chi connectivity index (χ0v) is 19.3. The van der Waals surface area contributed by atoms with Gasteiger partial charge in [-0.15, -0.1) is 0 Å². The molecule has 2 nitrogen and oxygen atoms in total. The van der Waals surface area contributed by atoms with Gasteiger partial charge in [-0.2, -0.15) is 0 Å². The maximum absolute atomic E-state index is 14.1. The third-order valence-corrected chi connectivity index (χ3v) is 6.97. The van der Waals surface area contributed by atoms with E-state index < -0.39 is 11.6 Å². The van der Waals surface area contributed by atoms with Gasteiger partial charge in [0.05, 0.1) is 11.6 Å². The summed E-state index contributed by atoms with van der Waals surface area (Å²) in [6, 6.07) is 46.6. The number of rotatable bonds is 6. The first-order valence-electron chi connectivity index (χ1n) is 12.0. The van der Waals surface area contributed by atoms with Crippen molar-refractivity contribution >= 4 is 5.78 Å². The van der Waals surface area contributed by atoms with Crippen LogP contribution in [0, 0.1) is 0 Å². The van der Waals surface area contributed by atoms with Crippen LogP contribution in [0.25, 0.3) is 11.1 Å². The molecule has 0 fully saturated rings. The van der Waals surface area contributed by atoms with Crippen molar-refractivity contribution < 1.29 is 4.79 Å². The van der Waals surface area contributed by atoms with E-state index in [1.165, 1.54) is 11.1 Å². The summed E-state index contributed by atoms with van der Waals surface area (Å²) in [6.45, 7) is 0. The van der Waals surface area contributed by atoms with Crippen molar-refractivity contribution in [1.82, 2.24) is 5.32 Å². The Kier molecular flexibility index (Phi) is 5.36. The van der Waals surface area contributed by atoms with Crippen molar-refractivity contribution in [1.29, 1.82) is 0 Å². The molecule has 0 amide bonds. The number of Topliss-reactive ketones (excluding diaryl/α,β-unsaturated/α-hetero) is 1. The fraction of sp³-hybridized carbons (Fsp3) is 0.0606. The molecule has 0 aliphatic heterocycles. The smallest absolute Gasteiger partial charge is 0.184 e. The Bertz CT molecular complexity index is 1430. The molecule has 0 bridgehead atoms. The maximum atomic E-state index is 14.1. The normalized spacial score (nSPS) is 14.1. The number of carbonyl (C=O) groups excluding carboxylic acids is 1. The van der Waals surface area contributed by atoms with Gasteiger partial charge in [0, 0.05) is 5.56 Å². The summed E-state index contributed by atoms with van der Waals surface area (Å²) >= 11 is 0. The lowest BCUT2D eigenvalue weighted by molar-refractivity contribution is 0.0930. The molecule has 168 valence electrons. The lowest BCUT2D eigenvalue weighted by Gasteiger charge is -2.37. The molecular weight excluding hydrogens is 426 g/mol. The Balaban J connectivity index is 1.61. The SMILES string of the molecule is O=C(c1ccccc1)[C@@H](NC1(c2ccccc2)c2ccccc2-c2ccccc21)c1ccccc1. The van der Waals surface area contributed by atoms with Crippen LogP contribution in [0.1, 0.15) is 38.7 Å². The van der Waals surface area contributed by atoms with Crippen LogP contribution in [0.4, 0.5) is 0 Å². The average Bonchev–Trinajstić information content (AvgIpc) is 3.23. The minimum Gasteiger partial charge on any atom is -0.292 e. The van der Waals surface area contributed by atoms with E-state index in [9.17, 15) is 4.79 Å². The third-order valence-electron chi connectivity index (χ3n) is 6.97. The van der Waals surface area contributed by atoms with E-state index in [1.54, 1.807) is 0 Å². The van der Waals surface area contributed by atoms with Gasteiger partial charge < -0.3 is 0 Å². The standard InChI is InChI=1S/C33H25NO/c35-32(25-16-6-2-7-17-25)31(24-14-4-1-5-15-24)34-33(26-18-8-3-9-19-26)29-22-12-10-20-27(29)28-21-11-13-23-30(28)33/h1-23,31,34H/t31-/m0/s1. The van der Waals surface area contributed by atoms with E-state index >= 15 is 0 Å². The van der Waals surface area contributed by atoms with Gasteiger partial charge in [-0.1, -0.05) is 140 Å². The molecule has 6 rings (SSSR count). The minimum absolute atomic E-state index is 0.0500. The molecule has 0 saturated heterocycles. The highest BCUT2D eigenvalue weighted by Gasteiger charge is 2.46. The quantitative estimate of drug-likeness (QED) is 0.277. The van der Waals surface area contributed by atoms with E-state index in [1.807, 2.05) is 66.7 Å². The molecular formula is C33H25NO. The van der Waals surface area contributed by atoms with Crippen LogP contribution >= 0.6 is 0 Å². The highest BCUT2D eigenvalue weighted by Crippen LogP contribution is 2.51. The number of benzene rings is 5. The van der Waals surface area contributed by atoms with Crippen molar-refractivity contribution in [2.75, 3.05) is 0 Å². The second-order valence-electron chi connectivity index (χ2n) is 8.93. The van der Waals surface area contributed by atoms with Gasteiger partial charge in [0.2, 0.25) is 0 Å². The second-order valence-corrected chi connectivity index (χ2v) is 8.93. The van der Waals surface area contributed by atoms with Gasteiger partial charge in [0.25, 0.3) is 0 Å². The van der Waals surface area contributed by atoms with Crippen molar-refractivity contribution in [2.24, 2.45) is 0 Å². The Morgan fingerprint density at radius 3 is 1.57 bits per heavy atom. The topological polar surface area (TPSA) is 29.1 Å². The predicted molar refractivity (Wildman–Crippen MR) is 141 cm³/mol. The highest BCUT2D eigenvalue weighted by molar-refractivity contribution is 6.01. The molecule has 5 aromatic carbocycles. The Morgan fingerprint density at radius 2 is 1.00 bits per heavy atom. The number of hydrogen-bond donors (Lipinski definition) is 1. The van der Waals surface area contributed by atoms with Crippen LogP contribution in [0.2, 0.25) is 0 Å². The number of nitrogens with one attached hydrogen (secondary N) is 1. The molecule has 0 aromatic heterocycles. The van der Waals surface area contributed by atoms with E-state index in [0.717, 1.165) is 22.3 Å². The molecule has 2 heteroatoms. The third kappa shape index (κ3) is 3.51. The Morgan fingerprint density at radius 1 is 0.543 bits per heavy atom. The van der Waals surface area contributed by atoms with Crippen molar-refractivity contribution in [3.05, 3.63) is 167 Å². The Hall–Kier alpha value is -4.27. The van der Waals surface area contributed by atoms with Gasteiger partial charge in [-0.25, -0.2) is 0 Å². The summed E-state index contributed by atoms with van der Waals surface area (Å²) < 4.78 is 0. The largest absolute Gasteiger partial charge is 0.292 e. The van der Waals surface area contributed by atoms with Crippen LogP contribution in [0.15, 0.2) is 140 Å². The number of ketones is 1. The van der Waals surface area contributed by atoms with Gasteiger partial charge >= 0.3 is 0 Å². The maximum Gasteiger partial charge on any atom is 0.184 e. The molecule has 5 aromatic rings. The molecule has 0 radical (unpaired) electrons. The van der Waals surface area contributed by atoms with Crippen LogP contribution < -0.4 is 5.32 Å². The number of carbonyl (C=O) groups is 1. The molecule has 0 spiro atoms. The van der Waals surface area contributed by atoms with Crippen molar-refractivity contribution in [3.63, 3.8) is 0 Å². The fourth-order valence-electron chi connectivity index (χ4n) is 5.40. The van der Waals surface area contributed by atoms with Crippen LogP contribution in [0.3, 0.4) is 0 Å². The van der Waals surface area contributed by atoms with E-state index in [4.69, 9.17) is 0 Å². The first kappa shape index (κ1) is 21.3. The van der Waals surface area contributed by atoms with Gasteiger partial charge in [0.1, 0.15) is 0 Å². The molecule has 0 saturated carbocycles. The number of fused-ring (bicyclic) bond motifs is 3. The first-order chi connectivity index (χ1) is 17.3. The summed E-state index contributed by atoms with van der Waals surface area (Å²) in [6.07, 6.45) is 0. The van der Waals surface area contributed by atoms with Crippen molar-refractivity contribution in [3.8, 4) is 11.1 Å². The summed E-state index contributed by atoms with van der Waals surface area (Å²) in [5.41, 5.74) is 6.77. The molecule has 1 aliphatic carbocycles. The van der Waals surface area contributed by atoms with E-state index in [2.05, 4.69) is 78.1 Å². The van der Waals surface area contributed by atoms with Crippen molar-refractivity contribution in [2.45, 2.75) is 11.6 Å². The zero-order valence-electron chi connectivity index (χ0n) is 19.3. The Labute approximate surface area is 205 Å². The van der Waals surface area contributed by atoms with Gasteiger partial charge in [0.15, 0.2) is 5.78 Å². The minimum atomic E-state index is -0.681. The second kappa shape index (κ2) is 8.83. The molecule has 0 heterocycles. The molecule has 1 atom stereocenters. The summed E-state index contributed by atoms with van der Waals surface area (Å²) in [5, 5.41) is 3.92. The summed E-state index contributed by atoms with van der Waals surface area (Å²) in [5.74, 6) is 0.0500. The fourth-order valence-corrected chi connectivity index (χ4v) is 5.40. The van der Waals surface area contributed by atoms with E-state index in [0.29, 0.717) is 5.56 Å². The van der Waals surface area contributed by atoms with Crippen LogP contribution in [-0.2, 0) is 5.54 Å². The van der Waals surface area contributed by atoms with E-state index in [-0.39, 0.29) is 5.78 Å². The molecule has 35 heavy (non-hydrogen) atoms. The van der Waals surface area contributed by atoms with Gasteiger partial charge in [-0.3, -0.25) is 10.1 Å². The highest BCUT2D eigenvalue weighted by atomic mass is 16.1. The average molecular weight is 452 g/mol. The van der Waals surface area contributed by atoms with Crippen LogP contribution in [-0.4, -0.2) is 5.78 Å². The lowest BCUT2D eigenvalue weighted by atomic mass is 9.79. The summed E-state index contributed by atoms with van der Waals surface area (Å²) in [7, 11) is 0.